The molecule has 0 heterocycles. The summed E-state index contributed by atoms with van der Waals surface area (Å²) >= 11 is 0. The molecule has 0 aliphatic rings. The summed E-state index contributed by atoms with van der Waals surface area (Å²) in [5.74, 6) is -0.0985. The van der Waals surface area contributed by atoms with Gasteiger partial charge in [0.2, 0.25) is 11.8 Å². The number of nitrogens with one attached hydrogen (secondary N) is 1. The monoisotopic (exact) mass is 322 g/mol. The Morgan fingerprint density at radius 1 is 1.13 bits per heavy atom. The summed E-state index contributed by atoms with van der Waals surface area (Å²) in [4.78, 5) is 24.9. The molecule has 1 N–H and O–H groups in total. The van der Waals surface area contributed by atoms with E-state index in [1.165, 1.54) is 6.08 Å². The van der Waals surface area contributed by atoms with Crippen LogP contribution in [0.1, 0.15) is 53.9 Å². The fourth-order valence-corrected chi connectivity index (χ4v) is 1.94. The first-order valence-electron chi connectivity index (χ1n) is 8.29. The van der Waals surface area contributed by atoms with Crippen molar-refractivity contribution in [3.8, 4) is 0 Å². The van der Waals surface area contributed by atoms with Crippen molar-refractivity contribution in [1.82, 2.24) is 10.2 Å². The van der Waals surface area contributed by atoms with Crippen molar-refractivity contribution in [3.63, 3.8) is 0 Å². The van der Waals surface area contributed by atoms with Gasteiger partial charge in [-0.2, -0.15) is 0 Å². The molecule has 4 heteroatoms. The number of hydrogen-bond acceptors (Lipinski definition) is 2. The summed E-state index contributed by atoms with van der Waals surface area (Å²) in [5, 5.41) is 2.91. The second-order valence-corrected chi connectivity index (χ2v) is 8.09. The van der Waals surface area contributed by atoms with E-state index in [1.54, 1.807) is 18.0 Å². The van der Waals surface area contributed by atoms with E-state index in [-0.39, 0.29) is 22.6 Å². The topological polar surface area (TPSA) is 49.4 Å². The van der Waals surface area contributed by atoms with Crippen LogP contribution in [0.4, 0.5) is 0 Å². The Labute approximate surface area is 142 Å². The van der Waals surface area contributed by atoms with E-state index in [9.17, 15) is 9.59 Å². The number of carbonyl (C=O) groups is 2. The molecule has 0 aromatic carbocycles. The van der Waals surface area contributed by atoms with Gasteiger partial charge in [-0.15, -0.1) is 0 Å². The molecule has 0 aliphatic heterocycles. The van der Waals surface area contributed by atoms with Crippen LogP contribution in [0, 0.1) is 10.8 Å². The van der Waals surface area contributed by atoms with Gasteiger partial charge in [0, 0.05) is 20.1 Å². The summed E-state index contributed by atoms with van der Waals surface area (Å²) in [7, 11) is 1.78. The van der Waals surface area contributed by atoms with Crippen LogP contribution in [0.25, 0.3) is 0 Å². The maximum Gasteiger partial charge on any atom is 0.245 e. The molecule has 0 spiro atoms. The summed E-state index contributed by atoms with van der Waals surface area (Å²) in [6, 6.07) is 0. The molecule has 0 aliphatic carbocycles. The Morgan fingerprint density at radius 2 is 1.74 bits per heavy atom. The van der Waals surface area contributed by atoms with Crippen LogP contribution >= 0.6 is 0 Å². The highest BCUT2D eigenvalue weighted by Gasteiger charge is 2.18. The molecular formula is C19H34N2O2. The summed E-state index contributed by atoms with van der Waals surface area (Å²) in [6.07, 6.45) is 7.50. The highest BCUT2D eigenvalue weighted by Crippen LogP contribution is 2.25. The molecule has 23 heavy (non-hydrogen) atoms. The Morgan fingerprint density at radius 3 is 2.26 bits per heavy atom. The number of hydrogen-bond donors (Lipinski definition) is 1. The van der Waals surface area contributed by atoms with E-state index >= 15 is 0 Å². The summed E-state index contributed by atoms with van der Waals surface area (Å²) in [5.41, 5.74) is 0.270. The molecule has 0 radical (unpaired) electrons. The van der Waals surface area contributed by atoms with Crippen LogP contribution in [0.5, 0.6) is 0 Å². The van der Waals surface area contributed by atoms with Crippen molar-refractivity contribution in [1.29, 1.82) is 0 Å². The average molecular weight is 322 g/mol. The first-order chi connectivity index (χ1) is 10.5. The van der Waals surface area contributed by atoms with E-state index in [0.717, 1.165) is 19.3 Å². The van der Waals surface area contributed by atoms with Crippen LogP contribution in [-0.4, -0.2) is 36.9 Å². The first-order valence-corrected chi connectivity index (χ1v) is 8.29. The molecule has 0 bridgehead atoms. The predicted molar refractivity (Wildman–Crippen MR) is 97.1 cm³/mol. The number of allylic oxidation sites excluding steroid dienone is 1. The van der Waals surface area contributed by atoms with Gasteiger partial charge in [0.25, 0.3) is 0 Å². The molecule has 0 fully saturated rings. The van der Waals surface area contributed by atoms with Gasteiger partial charge in [0.05, 0.1) is 0 Å². The third kappa shape index (κ3) is 11.6. The minimum absolute atomic E-state index is 0.0380. The Hall–Kier alpha value is -1.58. The van der Waals surface area contributed by atoms with Crippen LogP contribution in [-0.2, 0) is 9.59 Å². The Balaban J connectivity index is 4.13. The molecule has 0 atom stereocenters. The van der Waals surface area contributed by atoms with Crippen molar-refractivity contribution in [2.75, 3.05) is 20.1 Å². The Kier molecular flexibility index (Phi) is 8.88. The molecule has 2 amide bonds. The van der Waals surface area contributed by atoms with Gasteiger partial charge in [-0.3, -0.25) is 9.59 Å². The highest BCUT2D eigenvalue weighted by molar-refractivity contribution is 5.87. The number of amides is 2. The van der Waals surface area contributed by atoms with Crippen molar-refractivity contribution in [3.05, 3.63) is 24.8 Å². The lowest BCUT2D eigenvalue weighted by molar-refractivity contribution is -0.125. The van der Waals surface area contributed by atoms with Crippen LogP contribution in [0.2, 0.25) is 0 Å². The number of likely N-dealkylation sites (N-methyl/N-ethyl adjacent to an activating group) is 1. The fraction of sp³-hybridized carbons (Fsp3) is 0.684. The van der Waals surface area contributed by atoms with E-state index in [2.05, 4.69) is 46.5 Å². The van der Waals surface area contributed by atoms with Crippen LogP contribution in [0.3, 0.4) is 0 Å². The summed E-state index contributed by atoms with van der Waals surface area (Å²) in [6.45, 7) is 15.6. The van der Waals surface area contributed by atoms with Gasteiger partial charge < -0.3 is 10.2 Å². The van der Waals surface area contributed by atoms with E-state index in [0.29, 0.717) is 13.1 Å². The lowest BCUT2D eigenvalue weighted by atomic mass is 9.85. The van der Waals surface area contributed by atoms with Gasteiger partial charge in [-0.05, 0) is 42.2 Å². The normalized spacial score (nSPS) is 12.3. The van der Waals surface area contributed by atoms with Gasteiger partial charge in [0.1, 0.15) is 0 Å². The fourth-order valence-electron chi connectivity index (χ4n) is 1.94. The highest BCUT2D eigenvalue weighted by atomic mass is 16.2. The number of rotatable bonds is 9. The van der Waals surface area contributed by atoms with Gasteiger partial charge in [0.15, 0.2) is 0 Å². The molecule has 0 rings (SSSR count). The molecule has 0 aromatic heterocycles. The van der Waals surface area contributed by atoms with Crippen molar-refractivity contribution in [2.24, 2.45) is 10.8 Å². The van der Waals surface area contributed by atoms with Gasteiger partial charge in [-0.25, -0.2) is 0 Å². The van der Waals surface area contributed by atoms with Gasteiger partial charge >= 0.3 is 0 Å². The van der Waals surface area contributed by atoms with Crippen molar-refractivity contribution >= 4 is 11.8 Å². The quantitative estimate of drug-likeness (QED) is 0.660. The van der Waals surface area contributed by atoms with E-state index in [1.807, 2.05) is 6.08 Å². The third-order valence-corrected chi connectivity index (χ3v) is 3.79. The average Bonchev–Trinajstić information content (AvgIpc) is 2.42. The minimum Gasteiger partial charge on any atom is -0.353 e. The minimum atomic E-state index is -0.0606. The molecule has 4 nitrogen and oxygen atoms in total. The van der Waals surface area contributed by atoms with Crippen molar-refractivity contribution < 1.29 is 9.59 Å². The lowest BCUT2D eigenvalue weighted by Gasteiger charge is -2.26. The Bertz CT molecular complexity index is 431. The zero-order chi connectivity index (χ0) is 18.1. The molecule has 132 valence electrons. The molecule has 0 saturated carbocycles. The maximum absolute atomic E-state index is 11.7. The smallest absolute Gasteiger partial charge is 0.245 e. The first kappa shape index (κ1) is 21.4. The van der Waals surface area contributed by atoms with E-state index in [4.69, 9.17) is 0 Å². The van der Waals surface area contributed by atoms with Crippen molar-refractivity contribution in [2.45, 2.75) is 53.9 Å². The van der Waals surface area contributed by atoms with Crippen LogP contribution in [0.15, 0.2) is 24.8 Å². The zero-order valence-corrected chi connectivity index (χ0v) is 15.7. The predicted octanol–water partition coefficient (Wildman–Crippen LogP) is 3.55. The second-order valence-electron chi connectivity index (χ2n) is 8.09. The SMILES string of the molecule is C=CC(=O)N(C)CCC(C)(C)C/C=C\C(=O)NCCC(C)(C)C. The third-order valence-electron chi connectivity index (χ3n) is 3.79. The standard InChI is InChI=1S/C19H34N2O2/c1-8-17(23)21(7)15-13-19(5,6)11-9-10-16(22)20-14-12-18(2,3)4/h8-10H,1,11-15H2,2-7H3,(H,20,22)/b10-9-. The number of carbonyl (C=O) groups excluding carboxylic acids is 2. The van der Waals surface area contributed by atoms with E-state index < -0.39 is 0 Å². The summed E-state index contributed by atoms with van der Waals surface area (Å²) < 4.78 is 0. The van der Waals surface area contributed by atoms with Crippen LogP contribution < -0.4 is 5.32 Å². The maximum atomic E-state index is 11.7. The zero-order valence-electron chi connectivity index (χ0n) is 15.7. The molecule has 0 unspecified atom stereocenters. The molecular weight excluding hydrogens is 288 g/mol. The van der Waals surface area contributed by atoms with Gasteiger partial charge in [-0.1, -0.05) is 47.3 Å². The lowest BCUT2D eigenvalue weighted by Crippen LogP contribution is -2.29. The molecule has 0 saturated heterocycles. The second kappa shape index (κ2) is 9.53. The molecule has 0 aromatic rings. The number of nitrogens with zero attached hydrogens (tertiary/aromatic N) is 1. The largest absolute Gasteiger partial charge is 0.353 e.